The maximum atomic E-state index is 12.2. The molecule has 1 unspecified atom stereocenters. The second-order valence-corrected chi connectivity index (χ2v) is 7.24. The van der Waals surface area contributed by atoms with E-state index in [1.807, 2.05) is 30.5 Å². The van der Waals surface area contributed by atoms with Crippen LogP contribution in [0.4, 0.5) is 5.69 Å². The Balaban J connectivity index is 1.56. The molecule has 0 spiro atoms. The Kier molecular flexibility index (Phi) is 3.95. The molecule has 5 rings (SSSR count). The fourth-order valence-corrected chi connectivity index (χ4v) is 4.34. The summed E-state index contributed by atoms with van der Waals surface area (Å²) in [4.78, 5) is 12.2. The van der Waals surface area contributed by atoms with Crippen molar-refractivity contribution in [3.8, 4) is 0 Å². The Morgan fingerprint density at radius 1 is 1.22 bits per heavy atom. The van der Waals surface area contributed by atoms with Crippen LogP contribution in [-0.2, 0) is 4.74 Å². The molecule has 0 bridgehead atoms. The van der Waals surface area contributed by atoms with Crippen molar-refractivity contribution in [3.63, 3.8) is 0 Å². The molecule has 1 fully saturated rings. The third-order valence-corrected chi connectivity index (χ3v) is 5.69. The van der Waals surface area contributed by atoms with Crippen LogP contribution >= 0.6 is 0 Å². The number of hydrogen-bond donors (Lipinski definition) is 2. The van der Waals surface area contributed by atoms with Crippen molar-refractivity contribution in [2.75, 3.05) is 25.5 Å². The number of nitrogens with zero attached hydrogens (tertiary/aromatic N) is 2. The zero-order valence-corrected chi connectivity index (χ0v) is 15.2. The normalized spacial score (nSPS) is 18.0. The highest BCUT2D eigenvalue weighted by Gasteiger charge is 2.26. The summed E-state index contributed by atoms with van der Waals surface area (Å²) < 4.78 is 7.96. The maximum Gasteiger partial charge on any atom is 0.256 e. The van der Waals surface area contributed by atoms with E-state index >= 15 is 0 Å². The van der Waals surface area contributed by atoms with Gasteiger partial charge in [-0.2, -0.15) is 5.10 Å². The number of carbonyl (C=O) groups excluding carboxylic acids is 1. The van der Waals surface area contributed by atoms with Gasteiger partial charge in [-0.1, -0.05) is 18.2 Å². The number of aromatic nitrogens is 2. The minimum atomic E-state index is -0.222. The molecular weight excluding hydrogens is 340 g/mol. The van der Waals surface area contributed by atoms with Gasteiger partial charge in [0.15, 0.2) is 0 Å². The number of rotatable bonds is 4. The van der Waals surface area contributed by atoms with Gasteiger partial charge in [-0.3, -0.25) is 9.48 Å². The second kappa shape index (κ2) is 6.48. The average Bonchev–Trinajstić information content (AvgIpc) is 3.32. The second-order valence-electron chi connectivity index (χ2n) is 7.24. The summed E-state index contributed by atoms with van der Waals surface area (Å²) in [6.07, 6.45) is 5.97. The lowest BCUT2D eigenvalue weighted by Crippen LogP contribution is -2.29. The summed E-state index contributed by atoms with van der Waals surface area (Å²) >= 11 is 0. The summed E-state index contributed by atoms with van der Waals surface area (Å²) in [6, 6.07) is 10.3. The van der Waals surface area contributed by atoms with Crippen LogP contribution < -0.4 is 10.6 Å². The van der Waals surface area contributed by atoms with Gasteiger partial charge < -0.3 is 15.4 Å². The van der Waals surface area contributed by atoms with Crippen molar-refractivity contribution in [2.45, 2.75) is 25.0 Å². The Morgan fingerprint density at radius 2 is 2.07 bits per heavy atom. The molecule has 1 saturated heterocycles. The van der Waals surface area contributed by atoms with Crippen LogP contribution in [0.1, 0.15) is 46.5 Å². The van der Waals surface area contributed by atoms with E-state index in [1.165, 1.54) is 0 Å². The van der Waals surface area contributed by atoms with Crippen molar-refractivity contribution < 1.29 is 9.53 Å². The van der Waals surface area contributed by atoms with Crippen LogP contribution in [0.3, 0.4) is 0 Å². The molecule has 2 aromatic carbocycles. The standard InChI is InChI=1S/C21H22N4O2/c1-27-20(13-11-23-25(12-13)14-7-9-22-10-8-14)16-5-6-18-19-15(16)3-2-4-17(19)21(26)24-18/h2-6,11-12,14,20,22H,7-10H2,1H3,(H,24,26). The lowest BCUT2D eigenvalue weighted by molar-refractivity contribution is 0.103. The first-order valence-electron chi connectivity index (χ1n) is 9.41. The van der Waals surface area contributed by atoms with E-state index in [2.05, 4.69) is 32.7 Å². The smallest absolute Gasteiger partial charge is 0.256 e. The highest BCUT2D eigenvalue weighted by molar-refractivity contribution is 6.24. The van der Waals surface area contributed by atoms with Gasteiger partial charge >= 0.3 is 0 Å². The van der Waals surface area contributed by atoms with E-state index in [-0.39, 0.29) is 12.0 Å². The van der Waals surface area contributed by atoms with Crippen molar-refractivity contribution >= 4 is 22.4 Å². The number of nitrogens with one attached hydrogen (secondary N) is 2. The molecule has 3 aromatic rings. The predicted octanol–water partition coefficient (Wildman–Crippen LogP) is 3.26. The van der Waals surface area contributed by atoms with Gasteiger partial charge in [0.05, 0.1) is 12.2 Å². The molecule has 1 aromatic heterocycles. The van der Waals surface area contributed by atoms with E-state index < -0.39 is 0 Å². The number of benzene rings is 2. The molecule has 2 aliphatic heterocycles. The Hall–Kier alpha value is -2.70. The van der Waals surface area contributed by atoms with Gasteiger partial charge in [0, 0.05) is 35.5 Å². The topological polar surface area (TPSA) is 68.2 Å². The quantitative estimate of drug-likeness (QED) is 0.747. The van der Waals surface area contributed by atoms with Gasteiger partial charge in [0.2, 0.25) is 0 Å². The van der Waals surface area contributed by atoms with Gasteiger partial charge in [-0.15, -0.1) is 0 Å². The number of methoxy groups -OCH3 is 1. The van der Waals surface area contributed by atoms with Crippen molar-refractivity contribution in [1.29, 1.82) is 0 Å². The minimum absolute atomic E-state index is 0.0413. The van der Waals surface area contributed by atoms with E-state index in [4.69, 9.17) is 4.74 Å². The van der Waals surface area contributed by atoms with Crippen molar-refractivity contribution in [1.82, 2.24) is 15.1 Å². The molecule has 138 valence electrons. The van der Waals surface area contributed by atoms with Crippen LogP contribution in [-0.4, -0.2) is 35.9 Å². The van der Waals surface area contributed by atoms with E-state index in [9.17, 15) is 4.79 Å². The largest absolute Gasteiger partial charge is 0.372 e. The summed E-state index contributed by atoms with van der Waals surface area (Å²) in [6.45, 7) is 2.06. The van der Waals surface area contributed by atoms with E-state index in [0.717, 1.165) is 59.1 Å². The lowest BCUT2D eigenvalue weighted by atomic mass is 9.95. The van der Waals surface area contributed by atoms with Gasteiger partial charge in [0.25, 0.3) is 5.91 Å². The third-order valence-electron chi connectivity index (χ3n) is 5.69. The Bertz CT molecular complexity index is 1020. The lowest BCUT2D eigenvalue weighted by Gasteiger charge is -2.23. The Labute approximate surface area is 157 Å². The first-order valence-corrected chi connectivity index (χ1v) is 9.41. The third kappa shape index (κ3) is 2.64. The zero-order valence-electron chi connectivity index (χ0n) is 15.2. The molecule has 2 N–H and O–H groups in total. The van der Waals surface area contributed by atoms with E-state index in [1.54, 1.807) is 7.11 Å². The molecule has 1 atom stereocenters. The van der Waals surface area contributed by atoms with Crippen molar-refractivity contribution in [2.24, 2.45) is 0 Å². The molecule has 0 radical (unpaired) electrons. The average molecular weight is 362 g/mol. The number of hydrogen-bond acceptors (Lipinski definition) is 4. The van der Waals surface area contributed by atoms with Crippen LogP contribution in [0.5, 0.6) is 0 Å². The monoisotopic (exact) mass is 362 g/mol. The summed E-state index contributed by atoms with van der Waals surface area (Å²) in [5.74, 6) is -0.0413. The van der Waals surface area contributed by atoms with Gasteiger partial charge in [-0.05, 0) is 49.0 Å². The number of anilines is 1. The predicted molar refractivity (Wildman–Crippen MR) is 104 cm³/mol. The highest BCUT2D eigenvalue weighted by atomic mass is 16.5. The molecule has 27 heavy (non-hydrogen) atoms. The fraction of sp³-hybridized carbons (Fsp3) is 0.333. The first kappa shape index (κ1) is 16.5. The van der Waals surface area contributed by atoms with Gasteiger partial charge in [0.1, 0.15) is 6.10 Å². The van der Waals surface area contributed by atoms with Gasteiger partial charge in [-0.25, -0.2) is 0 Å². The summed E-state index contributed by atoms with van der Waals surface area (Å²) in [7, 11) is 1.72. The molecule has 0 aliphatic carbocycles. The molecular formula is C21H22N4O2. The SMILES string of the molecule is COC(c1cnn(C2CCNCC2)c1)c1ccc2c3c(cccc13)C(=O)N2. The van der Waals surface area contributed by atoms with Crippen LogP contribution in [0.2, 0.25) is 0 Å². The van der Waals surface area contributed by atoms with Crippen LogP contribution in [0.25, 0.3) is 10.8 Å². The first-order chi connectivity index (χ1) is 13.3. The molecule has 1 amide bonds. The molecule has 0 saturated carbocycles. The maximum absolute atomic E-state index is 12.2. The molecule has 3 heterocycles. The summed E-state index contributed by atoms with van der Waals surface area (Å²) in [5, 5.41) is 13.0. The zero-order chi connectivity index (χ0) is 18.4. The fourth-order valence-electron chi connectivity index (χ4n) is 4.34. The highest BCUT2D eigenvalue weighted by Crippen LogP contribution is 2.39. The van der Waals surface area contributed by atoms with E-state index in [0.29, 0.717) is 6.04 Å². The summed E-state index contributed by atoms with van der Waals surface area (Å²) in [5.41, 5.74) is 3.69. The number of amides is 1. The molecule has 2 aliphatic rings. The number of piperidine rings is 1. The Morgan fingerprint density at radius 3 is 2.89 bits per heavy atom. The number of ether oxygens (including phenoxy) is 1. The minimum Gasteiger partial charge on any atom is -0.372 e. The van der Waals surface area contributed by atoms with Crippen LogP contribution in [0.15, 0.2) is 42.7 Å². The molecule has 6 nitrogen and oxygen atoms in total. The van der Waals surface area contributed by atoms with Crippen molar-refractivity contribution in [3.05, 3.63) is 59.4 Å². The number of carbonyl (C=O) groups is 1. The van der Waals surface area contributed by atoms with Crippen LogP contribution in [0, 0.1) is 0 Å². The molecule has 6 heteroatoms.